The molecule has 0 heterocycles. The quantitative estimate of drug-likeness (QED) is 0.691. The topological polar surface area (TPSA) is 46.5 Å². The first-order valence-corrected chi connectivity index (χ1v) is 4.73. The summed E-state index contributed by atoms with van der Waals surface area (Å²) in [5.41, 5.74) is 0. The van der Waals surface area contributed by atoms with Crippen LogP contribution < -0.4 is 0 Å². The summed E-state index contributed by atoms with van der Waals surface area (Å²) in [5.74, 6) is 0.331. The standard InChI is InChI=1S/C6H12O2.C4H10O/c1-4-8-6(7)5(2)3;1-4(2)3-5/h5H,4H2,1-3H3;4-5H,3H2,1-2H3. The molecule has 0 amide bonds. The summed E-state index contributed by atoms with van der Waals surface area (Å²) in [6.07, 6.45) is 0. The van der Waals surface area contributed by atoms with Crippen molar-refractivity contribution >= 4 is 5.97 Å². The maximum atomic E-state index is 10.5. The van der Waals surface area contributed by atoms with Crippen molar-refractivity contribution in [1.82, 2.24) is 0 Å². The van der Waals surface area contributed by atoms with Gasteiger partial charge in [-0.2, -0.15) is 0 Å². The molecule has 0 aromatic carbocycles. The van der Waals surface area contributed by atoms with E-state index in [4.69, 9.17) is 5.11 Å². The van der Waals surface area contributed by atoms with Crippen LogP contribution in [-0.4, -0.2) is 24.3 Å². The Balaban J connectivity index is 0. The molecule has 13 heavy (non-hydrogen) atoms. The van der Waals surface area contributed by atoms with Crippen LogP contribution in [-0.2, 0) is 9.53 Å². The van der Waals surface area contributed by atoms with Crippen molar-refractivity contribution < 1.29 is 14.6 Å². The predicted molar refractivity (Wildman–Crippen MR) is 53.4 cm³/mol. The van der Waals surface area contributed by atoms with Gasteiger partial charge in [0.25, 0.3) is 0 Å². The van der Waals surface area contributed by atoms with Crippen LogP contribution >= 0.6 is 0 Å². The zero-order chi connectivity index (χ0) is 10.9. The average Bonchev–Trinajstić information content (AvgIpc) is 2.06. The summed E-state index contributed by atoms with van der Waals surface area (Å²) in [5, 5.41) is 8.14. The van der Waals surface area contributed by atoms with Gasteiger partial charge in [-0.25, -0.2) is 0 Å². The SMILES string of the molecule is CC(C)CO.CCOC(=O)C(C)C. The first-order chi connectivity index (χ1) is 5.95. The highest BCUT2D eigenvalue weighted by molar-refractivity contribution is 5.71. The molecule has 3 heteroatoms. The molecule has 0 radical (unpaired) electrons. The molecule has 0 saturated carbocycles. The fourth-order valence-corrected chi connectivity index (χ4v) is 0.309. The second-order valence-corrected chi connectivity index (χ2v) is 3.48. The van der Waals surface area contributed by atoms with E-state index in [1.807, 2.05) is 27.7 Å². The smallest absolute Gasteiger partial charge is 0.308 e. The summed E-state index contributed by atoms with van der Waals surface area (Å²) in [7, 11) is 0. The molecule has 0 rings (SSSR count). The third kappa shape index (κ3) is 14.3. The Hall–Kier alpha value is -0.570. The molecule has 1 N–H and O–H groups in total. The van der Waals surface area contributed by atoms with Gasteiger partial charge in [-0.05, 0) is 12.8 Å². The Labute approximate surface area is 81.1 Å². The fourth-order valence-electron chi connectivity index (χ4n) is 0.309. The van der Waals surface area contributed by atoms with Crippen molar-refractivity contribution in [1.29, 1.82) is 0 Å². The molecule has 0 aliphatic carbocycles. The van der Waals surface area contributed by atoms with Crippen molar-refractivity contribution in [2.24, 2.45) is 11.8 Å². The maximum Gasteiger partial charge on any atom is 0.308 e. The minimum Gasteiger partial charge on any atom is -0.466 e. The summed E-state index contributed by atoms with van der Waals surface area (Å²) in [4.78, 5) is 10.5. The van der Waals surface area contributed by atoms with Crippen LogP contribution in [0.5, 0.6) is 0 Å². The molecule has 0 bridgehead atoms. The number of rotatable bonds is 3. The number of aliphatic hydroxyl groups excluding tert-OH is 1. The molecule has 0 aliphatic rings. The summed E-state index contributed by atoms with van der Waals surface area (Å²) >= 11 is 0. The highest BCUT2D eigenvalue weighted by Gasteiger charge is 2.04. The zero-order valence-corrected chi connectivity index (χ0v) is 9.33. The molecular weight excluding hydrogens is 168 g/mol. The largest absolute Gasteiger partial charge is 0.466 e. The number of carbonyl (C=O) groups excluding carboxylic acids is 1. The van der Waals surface area contributed by atoms with Crippen LogP contribution in [0.15, 0.2) is 0 Å². The van der Waals surface area contributed by atoms with E-state index in [0.29, 0.717) is 19.1 Å². The Morgan fingerprint density at radius 1 is 1.31 bits per heavy atom. The normalized spacial score (nSPS) is 9.54. The molecule has 3 nitrogen and oxygen atoms in total. The number of esters is 1. The van der Waals surface area contributed by atoms with Gasteiger partial charge >= 0.3 is 5.97 Å². The van der Waals surface area contributed by atoms with Crippen LogP contribution in [0, 0.1) is 11.8 Å². The monoisotopic (exact) mass is 190 g/mol. The number of aliphatic hydroxyl groups is 1. The molecule has 0 atom stereocenters. The molecule has 0 aliphatic heterocycles. The lowest BCUT2D eigenvalue weighted by Gasteiger charge is -2.01. The third-order valence-corrected chi connectivity index (χ3v) is 1.12. The Kier molecular flexibility index (Phi) is 10.9. The predicted octanol–water partition coefficient (Wildman–Crippen LogP) is 1.84. The van der Waals surface area contributed by atoms with E-state index in [0.717, 1.165) is 0 Å². The van der Waals surface area contributed by atoms with Crippen LogP contribution in [0.2, 0.25) is 0 Å². The minimum atomic E-state index is -0.118. The van der Waals surface area contributed by atoms with Crippen LogP contribution in [0.3, 0.4) is 0 Å². The van der Waals surface area contributed by atoms with Crippen LogP contribution in [0.4, 0.5) is 0 Å². The van der Waals surface area contributed by atoms with Gasteiger partial charge < -0.3 is 9.84 Å². The molecule has 0 aromatic heterocycles. The van der Waals surface area contributed by atoms with E-state index >= 15 is 0 Å². The summed E-state index contributed by atoms with van der Waals surface area (Å²) in [6, 6.07) is 0. The highest BCUT2D eigenvalue weighted by Crippen LogP contribution is 1.93. The van der Waals surface area contributed by atoms with Gasteiger partial charge in [0.15, 0.2) is 0 Å². The van der Waals surface area contributed by atoms with Gasteiger partial charge in [-0.3, -0.25) is 4.79 Å². The fraction of sp³-hybridized carbons (Fsp3) is 0.900. The highest BCUT2D eigenvalue weighted by atomic mass is 16.5. The van der Waals surface area contributed by atoms with Crippen molar-refractivity contribution in [3.63, 3.8) is 0 Å². The van der Waals surface area contributed by atoms with E-state index in [2.05, 4.69) is 4.74 Å². The van der Waals surface area contributed by atoms with Gasteiger partial charge in [-0.15, -0.1) is 0 Å². The zero-order valence-electron chi connectivity index (χ0n) is 9.33. The van der Waals surface area contributed by atoms with Crippen molar-refractivity contribution in [3.05, 3.63) is 0 Å². The number of carbonyl (C=O) groups is 1. The van der Waals surface area contributed by atoms with E-state index < -0.39 is 0 Å². The number of hydrogen-bond acceptors (Lipinski definition) is 3. The van der Waals surface area contributed by atoms with Crippen LogP contribution in [0.1, 0.15) is 34.6 Å². The molecule has 0 unspecified atom stereocenters. The molecular formula is C10H22O3. The first-order valence-electron chi connectivity index (χ1n) is 4.73. The van der Waals surface area contributed by atoms with E-state index in [1.54, 1.807) is 6.92 Å². The lowest BCUT2D eigenvalue weighted by molar-refractivity contribution is -0.146. The summed E-state index contributed by atoms with van der Waals surface area (Å²) < 4.78 is 4.66. The molecule has 0 saturated heterocycles. The summed E-state index contributed by atoms with van der Waals surface area (Å²) in [6.45, 7) is 10.2. The third-order valence-electron chi connectivity index (χ3n) is 1.12. The lowest BCUT2D eigenvalue weighted by atomic mass is 10.2. The Morgan fingerprint density at radius 2 is 1.69 bits per heavy atom. The molecule has 0 aromatic rings. The van der Waals surface area contributed by atoms with E-state index in [-0.39, 0.29) is 11.9 Å². The number of hydrogen-bond donors (Lipinski definition) is 1. The van der Waals surface area contributed by atoms with Crippen molar-refractivity contribution in [2.45, 2.75) is 34.6 Å². The van der Waals surface area contributed by atoms with Gasteiger partial charge in [-0.1, -0.05) is 27.7 Å². The van der Waals surface area contributed by atoms with Crippen molar-refractivity contribution in [2.75, 3.05) is 13.2 Å². The Bertz CT molecular complexity index is 119. The average molecular weight is 190 g/mol. The van der Waals surface area contributed by atoms with E-state index in [1.165, 1.54) is 0 Å². The molecule has 80 valence electrons. The number of ether oxygens (including phenoxy) is 1. The second kappa shape index (κ2) is 9.52. The van der Waals surface area contributed by atoms with Gasteiger partial charge in [0, 0.05) is 6.61 Å². The van der Waals surface area contributed by atoms with Gasteiger partial charge in [0.2, 0.25) is 0 Å². The van der Waals surface area contributed by atoms with Crippen LogP contribution in [0.25, 0.3) is 0 Å². The lowest BCUT2D eigenvalue weighted by Crippen LogP contribution is -2.10. The maximum absolute atomic E-state index is 10.5. The van der Waals surface area contributed by atoms with Crippen molar-refractivity contribution in [3.8, 4) is 0 Å². The van der Waals surface area contributed by atoms with E-state index in [9.17, 15) is 4.79 Å². The van der Waals surface area contributed by atoms with Gasteiger partial charge in [0.1, 0.15) is 0 Å². The first kappa shape index (κ1) is 14.9. The molecule has 0 spiro atoms. The minimum absolute atomic E-state index is 0.00921. The van der Waals surface area contributed by atoms with Gasteiger partial charge in [0.05, 0.1) is 12.5 Å². The Morgan fingerprint density at radius 3 is 1.77 bits per heavy atom. The second-order valence-electron chi connectivity index (χ2n) is 3.48. The molecule has 0 fully saturated rings.